The lowest BCUT2D eigenvalue weighted by Crippen LogP contribution is -2.52. The van der Waals surface area contributed by atoms with E-state index in [1.165, 1.54) is 16.6 Å². The van der Waals surface area contributed by atoms with E-state index < -0.39 is 21.6 Å². The van der Waals surface area contributed by atoms with Gasteiger partial charge in [-0.15, -0.1) is 0 Å². The van der Waals surface area contributed by atoms with E-state index in [0.717, 1.165) is 5.56 Å². The topological polar surface area (TPSA) is 70.5 Å². The molecule has 2 atom stereocenters. The van der Waals surface area contributed by atoms with Gasteiger partial charge < -0.3 is 5.11 Å². The summed E-state index contributed by atoms with van der Waals surface area (Å²) in [4.78, 5) is 3.90. The number of aryl methyl sites for hydroxylation is 1. The fourth-order valence-electron chi connectivity index (χ4n) is 4.36. The number of hydrogen-bond donors (Lipinski definition) is 1. The Morgan fingerprint density at radius 3 is 2.35 bits per heavy atom. The number of benzene rings is 1. The number of rotatable bonds is 3. The van der Waals surface area contributed by atoms with Crippen LogP contribution >= 0.6 is 0 Å². The molecule has 1 aromatic carbocycles. The van der Waals surface area contributed by atoms with E-state index in [0.29, 0.717) is 12.8 Å². The molecule has 0 saturated carbocycles. The molecule has 4 rings (SSSR count). The predicted octanol–water partition coefficient (Wildman–Crippen LogP) is 2.73. The summed E-state index contributed by atoms with van der Waals surface area (Å²) in [5.41, 5.74) is -0.236. The highest BCUT2D eigenvalue weighted by atomic mass is 32.2. The van der Waals surface area contributed by atoms with Crippen molar-refractivity contribution in [3.05, 3.63) is 59.7 Å². The lowest BCUT2D eigenvalue weighted by atomic mass is 9.82. The van der Waals surface area contributed by atoms with Gasteiger partial charge in [0.15, 0.2) is 0 Å². The maximum atomic E-state index is 14.1. The summed E-state index contributed by atoms with van der Waals surface area (Å²) in [7, 11) is -3.64. The molecule has 0 spiro atoms. The van der Waals surface area contributed by atoms with Gasteiger partial charge in [0.25, 0.3) is 0 Å². The molecule has 0 radical (unpaired) electrons. The van der Waals surface area contributed by atoms with E-state index in [1.54, 1.807) is 30.3 Å². The number of aliphatic hydroxyl groups is 1. The number of hydrogen-bond acceptors (Lipinski definition) is 4. The van der Waals surface area contributed by atoms with E-state index in [2.05, 4.69) is 4.98 Å². The summed E-state index contributed by atoms with van der Waals surface area (Å²) >= 11 is 0. The van der Waals surface area contributed by atoms with Crippen molar-refractivity contribution in [3.8, 4) is 0 Å². The van der Waals surface area contributed by atoms with E-state index in [4.69, 9.17) is 0 Å². The molecule has 2 aliphatic rings. The minimum Gasteiger partial charge on any atom is -0.385 e. The molecule has 2 aliphatic heterocycles. The van der Waals surface area contributed by atoms with Crippen LogP contribution in [0.15, 0.2) is 47.5 Å². The predicted molar refractivity (Wildman–Crippen MR) is 94.3 cm³/mol. The van der Waals surface area contributed by atoms with Crippen LogP contribution in [0.5, 0.6) is 0 Å². The van der Waals surface area contributed by atoms with E-state index >= 15 is 0 Å². The molecule has 1 aromatic heterocycles. The lowest BCUT2D eigenvalue weighted by Gasteiger charge is -2.43. The van der Waals surface area contributed by atoms with Gasteiger partial charge >= 0.3 is 0 Å². The molecule has 0 aliphatic carbocycles. The molecule has 2 saturated heterocycles. The van der Waals surface area contributed by atoms with Crippen LogP contribution in [0.3, 0.4) is 0 Å². The maximum absolute atomic E-state index is 14.1. The molecule has 26 heavy (non-hydrogen) atoms. The standard InChI is InChI=1S/C19H21FN2O3S/c1-13-4-8-16(9-5-13)26(24,25)22-14-6-7-15(22)12-19(23,11-14)17-3-2-10-21-18(17)20/h2-5,8-10,14-15,23H,6-7,11-12H2,1H3. The zero-order valence-electron chi connectivity index (χ0n) is 14.5. The highest BCUT2D eigenvalue weighted by Crippen LogP contribution is 2.48. The van der Waals surface area contributed by atoms with Crippen LogP contribution in [0.4, 0.5) is 4.39 Å². The first-order chi connectivity index (χ1) is 12.3. The van der Waals surface area contributed by atoms with Gasteiger partial charge in [0.05, 0.1) is 10.5 Å². The highest BCUT2D eigenvalue weighted by Gasteiger charge is 2.53. The van der Waals surface area contributed by atoms with Crippen molar-refractivity contribution < 1.29 is 17.9 Å². The van der Waals surface area contributed by atoms with Crippen LogP contribution in [-0.4, -0.2) is 34.9 Å². The summed E-state index contributed by atoms with van der Waals surface area (Å²) in [5, 5.41) is 11.1. The molecule has 2 fully saturated rings. The number of piperidine rings is 1. The molecular weight excluding hydrogens is 355 g/mol. The van der Waals surface area contributed by atoms with E-state index in [1.807, 2.05) is 6.92 Å². The summed E-state index contributed by atoms with van der Waals surface area (Å²) in [6.45, 7) is 1.91. The second-order valence-electron chi connectivity index (χ2n) is 7.31. The normalized spacial score (nSPS) is 29.0. The van der Waals surface area contributed by atoms with Crippen molar-refractivity contribution in [1.82, 2.24) is 9.29 Å². The van der Waals surface area contributed by atoms with Gasteiger partial charge in [-0.25, -0.2) is 13.4 Å². The van der Waals surface area contributed by atoms with Crippen LogP contribution in [-0.2, 0) is 15.6 Å². The maximum Gasteiger partial charge on any atom is 0.243 e. The smallest absolute Gasteiger partial charge is 0.243 e. The molecule has 3 heterocycles. The first-order valence-corrected chi connectivity index (χ1v) is 10.2. The Balaban J connectivity index is 1.67. The number of aromatic nitrogens is 1. The van der Waals surface area contributed by atoms with Gasteiger partial charge in [-0.3, -0.25) is 0 Å². The average molecular weight is 376 g/mol. The first-order valence-electron chi connectivity index (χ1n) is 8.75. The van der Waals surface area contributed by atoms with Gasteiger partial charge in [-0.1, -0.05) is 23.8 Å². The number of halogens is 1. The van der Waals surface area contributed by atoms with Crippen LogP contribution in [0.1, 0.15) is 36.8 Å². The second kappa shape index (κ2) is 6.11. The van der Waals surface area contributed by atoms with Crippen molar-refractivity contribution in [2.24, 2.45) is 0 Å². The Morgan fingerprint density at radius 2 is 1.77 bits per heavy atom. The van der Waals surface area contributed by atoms with Crippen LogP contribution in [0, 0.1) is 12.9 Å². The fourth-order valence-corrected chi connectivity index (χ4v) is 6.23. The summed E-state index contributed by atoms with van der Waals surface area (Å²) in [6.07, 6.45) is 3.03. The molecule has 2 bridgehead atoms. The van der Waals surface area contributed by atoms with Gasteiger partial charge in [0, 0.05) is 23.8 Å². The van der Waals surface area contributed by atoms with Crippen LogP contribution < -0.4 is 0 Å². The third-order valence-corrected chi connectivity index (χ3v) is 7.58. The van der Waals surface area contributed by atoms with Crippen molar-refractivity contribution in [2.75, 3.05) is 0 Å². The lowest BCUT2D eigenvalue weighted by molar-refractivity contribution is -0.0370. The minimum absolute atomic E-state index is 0.157. The van der Waals surface area contributed by atoms with Crippen molar-refractivity contribution in [2.45, 2.75) is 55.2 Å². The fraction of sp³-hybridized carbons (Fsp3) is 0.421. The molecule has 5 nitrogen and oxygen atoms in total. The molecule has 2 aromatic rings. The van der Waals surface area contributed by atoms with E-state index in [9.17, 15) is 17.9 Å². The second-order valence-corrected chi connectivity index (χ2v) is 9.16. The number of nitrogens with zero attached hydrogens (tertiary/aromatic N) is 2. The van der Waals surface area contributed by atoms with Gasteiger partial charge in [-0.05, 0) is 50.8 Å². The van der Waals surface area contributed by atoms with Gasteiger partial charge in [0.1, 0.15) is 0 Å². The summed E-state index contributed by atoms with van der Waals surface area (Å²) < 4.78 is 41.9. The Labute approximate surface area is 152 Å². The van der Waals surface area contributed by atoms with Gasteiger partial charge in [-0.2, -0.15) is 8.70 Å². The van der Waals surface area contributed by atoms with Crippen molar-refractivity contribution in [1.29, 1.82) is 0 Å². The zero-order valence-corrected chi connectivity index (χ0v) is 15.3. The number of sulfonamides is 1. The third kappa shape index (κ3) is 2.74. The largest absolute Gasteiger partial charge is 0.385 e. The molecule has 0 amide bonds. The number of fused-ring (bicyclic) bond motifs is 2. The molecule has 1 N–H and O–H groups in total. The summed E-state index contributed by atoms with van der Waals surface area (Å²) in [6, 6.07) is 9.23. The average Bonchev–Trinajstić information content (AvgIpc) is 2.89. The Kier molecular flexibility index (Phi) is 4.13. The zero-order chi connectivity index (χ0) is 18.5. The Bertz CT molecular complexity index is 916. The summed E-state index contributed by atoms with van der Waals surface area (Å²) in [5.74, 6) is -0.691. The number of pyridine rings is 1. The monoisotopic (exact) mass is 376 g/mol. The van der Waals surface area contributed by atoms with Crippen LogP contribution in [0.25, 0.3) is 0 Å². The Morgan fingerprint density at radius 1 is 1.15 bits per heavy atom. The SMILES string of the molecule is Cc1ccc(S(=O)(=O)N2C3CCC2CC(O)(c2cccnc2F)C3)cc1. The minimum atomic E-state index is -3.64. The molecule has 138 valence electrons. The molecular formula is C19H21FN2O3S. The molecule has 7 heteroatoms. The van der Waals surface area contributed by atoms with Crippen molar-refractivity contribution in [3.63, 3.8) is 0 Å². The highest BCUT2D eigenvalue weighted by molar-refractivity contribution is 7.89. The Hall–Kier alpha value is -1.83. The van der Waals surface area contributed by atoms with Crippen molar-refractivity contribution >= 4 is 10.0 Å². The third-order valence-electron chi connectivity index (χ3n) is 5.56. The quantitative estimate of drug-likeness (QED) is 0.837. The molecule has 2 unspecified atom stereocenters. The van der Waals surface area contributed by atoms with E-state index in [-0.39, 0.29) is 35.4 Å². The van der Waals surface area contributed by atoms with Gasteiger partial charge in [0.2, 0.25) is 16.0 Å². The first kappa shape index (κ1) is 17.6. The van der Waals surface area contributed by atoms with Crippen LogP contribution in [0.2, 0.25) is 0 Å².